The number of carbonyl (C=O) groups excluding carboxylic acids is 1. The summed E-state index contributed by atoms with van der Waals surface area (Å²) in [6, 6.07) is 2.24. The molecule has 1 amide bonds. The second-order valence-electron chi connectivity index (χ2n) is 4.61. The van der Waals surface area contributed by atoms with E-state index in [1.165, 1.54) is 0 Å². The zero-order valence-electron chi connectivity index (χ0n) is 10.2. The van der Waals surface area contributed by atoms with Crippen LogP contribution in [0, 0.1) is 23.2 Å². The minimum absolute atomic E-state index is 0.0627. The average molecular weight is 224 g/mol. The number of amides is 1. The molecule has 1 unspecified atom stereocenters. The van der Waals surface area contributed by atoms with Crippen LogP contribution < -0.4 is 5.32 Å². The lowest BCUT2D eigenvalue weighted by Gasteiger charge is -2.35. The highest BCUT2D eigenvalue weighted by Crippen LogP contribution is 2.24. The van der Waals surface area contributed by atoms with Crippen molar-refractivity contribution in [3.8, 4) is 6.07 Å². The van der Waals surface area contributed by atoms with E-state index in [1.807, 2.05) is 26.8 Å². The van der Waals surface area contributed by atoms with Crippen molar-refractivity contribution in [1.29, 1.82) is 5.26 Å². The number of hydrogen-bond acceptors (Lipinski definition) is 3. The first kappa shape index (κ1) is 13.0. The molecule has 1 aliphatic carbocycles. The maximum Gasteiger partial charge on any atom is 0.237 e. The monoisotopic (exact) mass is 224 g/mol. The van der Waals surface area contributed by atoms with Crippen LogP contribution in [-0.2, 0) is 9.53 Å². The number of nitriles is 1. The first-order chi connectivity index (χ1) is 7.58. The molecule has 0 aliphatic heterocycles. The highest BCUT2D eigenvalue weighted by atomic mass is 16.5. The van der Waals surface area contributed by atoms with E-state index >= 15 is 0 Å². The van der Waals surface area contributed by atoms with Crippen LogP contribution in [0.2, 0.25) is 0 Å². The van der Waals surface area contributed by atoms with Crippen LogP contribution in [0.15, 0.2) is 0 Å². The number of hydrogen-bond donors (Lipinski definition) is 1. The van der Waals surface area contributed by atoms with Gasteiger partial charge in [0, 0.05) is 12.6 Å². The lowest BCUT2D eigenvalue weighted by molar-refractivity contribution is -0.127. The smallest absolute Gasteiger partial charge is 0.237 e. The SMILES string of the molecule is CCOC1CC(NC(=O)C(C#N)C(C)C)C1. The summed E-state index contributed by atoms with van der Waals surface area (Å²) in [5, 5.41) is 11.8. The van der Waals surface area contributed by atoms with Crippen molar-refractivity contribution in [2.45, 2.75) is 45.8 Å². The van der Waals surface area contributed by atoms with E-state index in [0.717, 1.165) is 19.4 Å². The largest absolute Gasteiger partial charge is 0.378 e. The Kier molecular flexibility index (Phi) is 4.75. The van der Waals surface area contributed by atoms with Gasteiger partial charge in [-0.15, -0.1) is 0 Å². The van der Waals surface area contributed by atoms with Crippen LogP contribution in [0.1, 0.15) is 33.6 Å². The Morgan fingerprint density at radius 2 is 2.19 bits per heavy atom. The third kappa shape index (κ3) is 3.21. The molecule has 0 aromatic carbocycles. The van der Waals surface area contributed by atoms with Crippen molar-refractivity contribution < 1.29 is 9.53 Å². The van der Waals surface area contributed by atoms with Crippen molar-refractivity contribution in [1.82, 2.24) is 5.32 Å². The van der Waals surface area contributed by atoms with Crippen molar-refractivity contribution in [2.75, 3.05) is 6.61 Å². The normalized spacial score (nSPS) is 25.7. The second-order valence-corrected chi connectivity index (χ2v) is 4.61. The number of nitrogens with zero attached hydrogens (tertiary/aromatic N) is 1. The van der Waals surface area contributed by atoms with Crippen LogP contribution in [0.4, 0.5) is 0 Å². The van der Waals surface area contributed by atoms with Gasteiger partial charge < -0.3 is 10.1 Å². The molecule has 0 spiro atoms. The van der Waals surface area contributed by atoms with Crippen molar-refractivity contribution in [3.05, 3.63) is 0 Å². The summed E-state index contributed by atoms with van der Waals surface area (Å²) >= 11 is 0. The van der Waals surface area contributed by atoms with E-state index in [-0.39, 0.29) is 24.0 Å². The van der Waals surface area contributed by atoms with Crippen LogP contribution in [0.25, 0.3) is 0 Å². The fourth-order valence-electron chi connectivity index (χ4n) is 1.86. The number of nitrogens with one attached hydrogen (secondary N) is 1. The lowest BCUT2D eigenvalue weighted by Crippen LogP contribution is -2.49. The van der Waals surface area contributed by atoms with Crippen molar-refractivity contribution in [3.63, 3.8) is 0 Å². The van der Waals surface area contributed by atoms with Crippen LogP contribution in [0.5, 0.6) is 0 Å². The Morgan fingerprint density at radius 3 is 2.62 bits per heavy atom. The summed E-state index contributed by atoms with van der Waals surface area (Å²) < 4.78 is 5.41. The predicted molar refractivity (Wildman–Crippen MR) is 60.5 cm³/mol. The maximum atomic E-state index is 11.7. The zero-order valence-corrected chi connectivity index (χ0v) is 10.2. The molecule has 4 heteroatoms. The molecule has 90 valence electrons. The fraction of sp³-hybridized carbons (Fsp3) is 0.833. The summed E-state index contributed by atoms with van der Waals surface area (Å²) in [5.74, 6) is -0.614. The van der Waals surface area contributed by atoms with Crippen LogP contribution in [-0.4, -0.2) is 24.7 Å². The standard InChI is InChI=1S/C12H20N2O2/c1-4-16-10-5-9(6-10)14-12(15)11(7-13)8(2)3/h8-11H,4-6H2,1-3H3,(H,14,15). The van der Waals surface area contributed by atoms with Crippen molar-refractivity contribution >= 4 is 5.91 Å². The summed E-state index contributed by atoms with van der Waals surface area (Å²) in [6.07, 6.45) is 2.03. The molecular formula is C12H20N2O2. The molecule has 0 radical (unpaired) electrons. The number of carbonyl (C=O) groups is 1. The molecule has 0 aromatic rings. The van der Waals surface area contributed by atoms with Gasteiger partial charge in [-0.2, -0.15) is 5.26 Å². The van der Waals surface area contributed by atoms with Gasteiger partial charge >= 0.3 is 0 Å². The molecule has 1 saturated carbocycles. The molecule has 1 rings (SSSR count). The zero-order chi connectivity index (χ0) is 12.1. The summed E-state index contributed by atoms with van der Waals surface area (Å²) in [5.41, 5.74) is 0. The van der Waals surface area contributed by atoms with E-state index in [2.05, 4.69) is 5.32 Å². The molecule has 1 N–H and O–H groups in total. The molecule has 0 saturated heterocycles. The van der Waals surface area contributed by atoms with Crippen LogP contribution >= 0.6 is 0 Å². The molecule has 1 aliphatic rings. The molecular weight excluding hydrogens is 204 g/mol. The maximum absolute atomic E-state index is 11.7. The summed E-state index contributed by atoms with van der Waals surface area (Å²) in [4.78, 5) is 11.7. The molecule has 0 heterocycles. The quantitative estimate of drug-likeness (QED) is 0.769. The van der Waals surface area contributed by atoms with E-state index < -0.39 is 5.92 Å². The Labute approximate surface area is 97.0 Å². The molecule has 0 aromatic heterocycles. The number of ether oxygens (including phenoxy) is 1. The predicted octanol–water partition coefficient (Wildman–Crippen LogP) is 1.47. The van der Waals surface area contributed by atoms with Crippen molar-refractivity contribution in [2.24, 2.45) is 11.8 Å². The highest BCUT2D eigenvalue weighted by Gasteiger charge is 2.33. The molecule has 0 bridgehead atoms. The average Bonchev–Trinajstić information content (AvgIpc) is 2.15. The van der Waals surface area contributed by atoms with Gasteiger partial charge in [0.2, 0.25) is 5.91 Å². The molecule has 16 heavy (non-hydrogen) atoms. The Morgan fingerprint density at radius 1 is 1.56 bits per heavy atom. The topological polar surface area (TPSA) is 62.1 Å². The Hall–Kier alpha value is -1.08. The lowest BCUT2D eigenvalue weighted by atomic mass is 9.88. The molecule has 1 atom stereocenters. The van der Waals surface area contributed by atoms with Gasteiger partial charge in [0.05, 0.1) is 12.2 Å². The van der Waals surface area contributed by atoms with Gasteiger partial charge in [-0.3, -0.25) is 4.79 Å². The van der Waals surface area contributed by atoms with E-state index in [9.17, 15) is 4.79 Å². The Balaban J connectivity index is 2.29. The van der Waals surface area contributed by atoms with E-state index in [0.29, 0.717) is 0 Å². The van der Waals surface area contributed by atoms with Gasteiger partial charge in [-0.05, 0) is 25.7 Å². The molecule has 1 fully saturated rings. The van der Waals surface area contributed by atoms with Gasteiger partial charge in [-0.1, -0.05) is 13.8 Å². The van der Waals surface area contributed by atoms with Gasteiger partial charge in [-0.25, -0.2) is 0 Å². The minimum Gasteiger partial charge on any atom is -0.378 e. The van der Waals surface area contributed by atoms with Gasteiger partial charge in [0.25, 0.3) is 0 Å². The van der Waals surface area contributed by atoms with E-state index in [4.69, 9.17) is 10.00 Å². The minimum atomic E-state index is -0.536. The highest BCUT2D eigenvalue weighted by molar-refractivity contribution is 5.81. The van der Waals surface area contributed by atoms with Gasteiger partial charge in [0.1, 0.15) is 5.92 Å². The van der Waals surface area contributed by atoms with Crippen LogP contribution in [0.3, 0.4) is 0 Å². The summed E-state index contributed by atoms with van der Waals surface area (Å²) in [6.45, 7) is 6.46. The second kappa shape index (κ2) is 5.86. The third-order valence-electron chi connectivity index (χ3n) is 2.93. The first-order valence-corrected chi connectivity index (χ1v) is 5.90. The fourth-order valence-corrected chi connectivity index (χ4v) is 1.86. The number of rotatable bonds is 5. The van der Waals surface area contributed by atoms with Gasteiger partial charge in [0.15, 0.2) is 0 Å². The first-order valence-electron chi connectivity index (χ1n) is 5.90. The Bertz CT molecular complexity index is 277. The van der Waals surface area contributed by atoms with E-state index in [1.54, 1.807) is 0 Å². The summed E-state index contributed by atoms with van der Waals surface area (Å²) in [7, 11) is 0. The molecule has 4 nitrogen and oxygen atoms in total. The third-order valence-corrected chi connectivity index (χ3v) is 2.93.